The molecule has 1 aromatic carbocycles. The van der Waals surface area contributed by atoms with Crippen LogP contribution in [0.15, 0.2) is 48.8 Å². The topological polar surface area (TPSA) is 33.2 Å². The van der Waals surface area contributed by atoms with E-state index in [4.69, 9.17) is 0 Å². The lowest BCUT2D eigenvalue weighted by Crippen LogP contribution is -2.29. The van der Waals surface area contributed by atoms with Gasteiger partial charge in [0.15, 0.2) is 0 Å². The minimum Gasteiger partial charge on any atom is -0.323 e. The fourth-order valence-corrected chi connectivity index (χ4v) is 2.09. The Labute approximate surface area is 125 Å². The van der Waals surface area contributed by atoms with Gasteiger partial charge in [-0.25, -0.2) is 0 Å². The summed E-state index contributed by atoms with van der Waals surface area (Å²) >= 11 is 0. The molecule has 0 aliphatic heterocycles. The number of carbonyl (C=O) groups is 1. The molecule has 3 heteroatoms. The number of hydrogen-bond acceptors (Lipinski definition) is 2. The van der Waals surface area contributed by atoms with E-state index in [0.717, 1.165) is 11.1 Å². The molecule has 0 radical (unpaired) electrons. The van der Waals surface area contributed by atoms with Crippen molar-refractivity contribution in [2.45, 2.75) is 26.9 Å². The van der Waals surface area contributed by atoms with E-state index in [1.807, 2.05) is 43.3 Å². The summed E-state index contributed by atoms with van der Waals surface area (Å²) in [4.78, 5) is 18.0. The van der Waals surface area contributed by atoms with Gasteiger partial charge in [0.05, 0.1) is 0 Å². The van der Waals surface area contributed by atoms with Crippen molar-refractivity contribution in [1.29, 1.82) is 0 Å². The van der Waals surface area contributed by atoms with Crippen LogP contribution in [0.2, 0.25) is 0 Å². The highest BCUT2D eigenvalue weighted by molar-refractivity contribution is 5.93. The van der Waals surface area contributed by atoms with E-state index in [2.05, 4.69) is 16.8 Å². The van der Waals surface area contributed by atoms with Crippen molar-refractivity contribution < 1.29 is 4.79 Å². The number of rotatable bonds is 4. The number of amides is 1. The maximum absolute atomic E-state index is 12.2. The van der Waals surface area contributed by atoms with Crippen LogP contribution in [-0.4, -0.2) is 15.8 Å². The third-order valence-corrected chi connectivity index (χ3v) is 3.24. The van der Waals surface area contributed by atoms with Gasteiger partial charge in [-0.3, -0.25) is 9.78 Å². The smallest absolute Gasteiger partial charge is 0.299 e. The van der Waals surface area contributed by atoms with E-state index in [-0.39, 0.29) is 5.91 Å². The van der Waals surface area contributed by atoms with Gasteiger partial charge in [0.2, 0.25) is 0 Å². The molecule has 106 valence electrons. The Morgan fingerprint density at radius 3 is 2.67 bits per heavy atom. The Morgan fingerprint density at radius 2 is 2.00 bits per heavy atom. The van der Waals surface area contributed by atoms with Crippen molar-refractivity contribution in [2.75, 3.05) is 0 Å². The summed E-state index contributed by atoms with van der Waals surface area (Å²) in [5.74, 6) is 5.14. The fourth-order valence-electron chi connectivity index (χ4n) is 2.09. The predicted molar refractivity (Wildman–Crippen MR) is 83.1 cm³/mol. The number of aryl methyl sites for hydroxylation is 1. The van der Waals surface area contributed by atoms with Gasteiger partial charge in [-0.2, -0.15) is 0 Å². The van der Waals surface area contributed by atoms with Crippen LogP contribution >= 0.6 is 0 Å². The first-order valence-electron chi connectivity index (χ1n) is 6.86. The molecule has 2 aromatic rings. The molecule has 0 atom stereocenters. The van der Waals surface area contributed by atoms with Gasteiger partial charge >= 0.3 is 0 Å². The molecule has 2 rings (SSSR count). The van der Waals surface area contributed by atoms with Crippen molar-refractivity contribution in [2.24, 2.45) is 0 Å². The van der Waals surface area contributed by atoms with Gasteiger partial charge in [-0.15, -0.1) is 0 Å². The van der Waals surface area contributed by atoms with Crippen molar-refractivity contribution in [1.82, 2.24) is 9.88 Å². The van der Waals surface area contributed by atoms with Crippen LogP contribution in [0.3, 0.4) is 0 Å². The zero-order valence-corrected chi connectivity index (χ0v) is 12.3. The molecule has 0 N–H and O–H groups in total. The normalized spacial score (nSPS) is 9.62. The van der Waals surface area contributed by atoms with E-state index in [9.17, 15) is 4.79 Å². The average Bonchev–Trinajstić information content (AvgIpc) is 2.50. The molecule has 0 aliphatic carbocycles. The van der Waals surface area contributed by atoms with Crippen LogP contribution in [0.4, 0.5) is 0 Å². The highest BCUT2D eigenvalue weighted by Gasteiger charge is 2.13. The number of benzene rings is 1. The molecule has 1 amide bonds. The molecular formula is C18H18N2O. The maximum atomic E-state index is 12.2. The first-order chi connectivity index (χ1) is 10.2. The quantitative estimate of drug-likeness (QED) is 0.806. The third kappa shape index (κ3) is 4.19. The molecule has 3 nitrogen and oxygen atoms in total. The lowest BCUT2D eigenvalue weighted by Gasteiger charge is -2.21. The largest absolute Gasteiger partial charge is 0.323 e. The number of pyridine rings is 1. The summed E-state index contributed by atoms with van der Waals surface area (Å²) in [5, 5.41) is 0. The van der Waals surface area contributed by atoms with Crippen LogP contribution in [0, 0.1) is 18.8 Å². The van der Waals surface area contributed by atoms with Crippen LogP contribution in [0.1, 0.15) is 23.6 Å². The van der Waals surface area contributed by atoms with Crippen molar-refractivity contribution in [3.8, 4) is 11.8 Å². The monoisotopic (exact) mass is 278 g/mol. The fraction of sp³-hybridized carbons (Fsp3) is 0.222. The van der Waals surface area contributed by atoms with E-state index >= 15 is 0 Å². The zero-order chi connectivity index (χ0) is 15.1. The summed E-state index contributed by atoms with van der Waals surface area (Å²) in [5.41, 5.74) is 3.30. The van der Waals surface area contributed by atoms with E-state index in [1.165, 1.54) is 5.56 Å². The van der Waals surface area contributed by atoms with E-state index in [0.29, 0.717) is 13.1 Å². The third-order valence-electron chi connectivity index (χ3n) is 3.24. The van der Waals surface area contributed by atoms with Crippen molar-refractivity contribution in [3.63, 3.8) is 0 Å². The van der Waals surface area contributed by atoms with Gasteiger partial charge in [0, 0.05) is 25.5 Å². The predicted octanol–water partition coefficient (Wildman–Crippen LogP) is 2.94. The second-order valence-electron chi connectivity index (χ2n) is 4.82. The molecule has 0 fully saturated rings. The van der Waals surface area contributed by atoms with Crippen LogP contribution in [-0.2, 0) is 17.9 Å². The lowest BCUT2D eigenvalue weighted by atomic mass is 10.1. The molecule has 0 unspecified atom stereocenters. The molecule has 0 spiro atoms. The molecule has 0 saturated carbocycles. The van der Waals surface area contributed by atoms with Crippen molar-refractivity contribution >= 4 is 5.91 Å². The molecule has 1 aromatic heterocycles. The Balaban J connectivity index is 2.22. The second kappa shape index (κ2) is 7.25. The Kier molecular flexibility index (Phi) is 5.11. The summed E-state index contributed by atoms with van der Waals surface area (Å²) in [7, 11) is 0. The highest BCUT2D eigenvalue weighted by atomic mass is 16.2. The molecule has 1 heterocycles. The van der Waals surface area contributed by atoms with Gasteiger partial charge in [0.25, 0.3) is 5.91 Å². The summed E-state index contributed by atoms with van der Waals surface area (Å²) in [6.07, 6.45) is 3.50. The van der Waals surface area contributed by atoms with Crippen LogP contribution < -0.4 is 0 Å². The van der Waals surface area contributed by atoms with Crippen LogP contribution in [0.5, 0.6) is 0 Å². The molecular weight excluding hydrogens is 260 g/mol. The van der Waals surface area contributed by atoms with E-state index < -0.39 is 0 Å². The summed E-state index contributed by atoms with van der Waals surface area (Å²) in [6.45, 7) is 4.78. The number of aromatic nitrogens is 1. The SMILES string of the molecule is CC#CC(=O)N(Cc1cccnc1)Cc1ccccc1C. The second-order valence-corrected chi connectivity index (χ2v) is 4.82. The maximum Gasteiger partial charge on any atom is 0.299 e. The summed E-state index contributed by atoms with van der Waals surface area (Å²) in [6, 6.07) is 11.9. The first-order valence-corrected chi connectivity index (χ1v) is 6.86. The molecule has 0 bridgehead atoms. The van der Waals surface area contributed by atoms with E-state index in [1.54, 1.807) is 24.2 Å². The Bertz CT molecular complexity index is 668. The minimum absolute atomic E-state index is 0.162. The number of carbonyl (C=O) groups excluding carboxylic acids is 1. The standard InChI is InChI=1S/C18H18N2O/c1-3-7-18(21)20(13-16-9-6-11-19-12-16)14-17-10-5-4-8-15(17)2/h4-6,8-12H,13-14H2,1-2H3. The highest BCUT2D eigenvalue weighted by Crippen LogP contribution is 2.13. The Morgan fingerprint density at radius 1 is 1.19 bits per heavy atom. The first kappa shape index (κ1) is 14.8. The Hall–Kier alpha value is -2.60. The molecule has 0 aliphatic rings. The molecule has 0 saturated heterocycles. The minimum atomic E-state index is -0.162. The van der Waals surface area contributed by atoms with Gasteiger partial charge < -0.3 is 4.90 Å². The van der Waals surface area contributed by atoms with Gasteiger partial charge in [0.1, 0.15) is 0 Å². The lowest BCUT2D eigenvalue weighted by molar-refractivity contribution is -0.126. The number of nitrogens with zero attached hydrogens (tertiary/aromatic N) is 2. The average molecular weight is 278 g/mol. The van der Waals surface area contributed by atoms with Gasteiger partial charge in [-0.05, 0) is 42.5 Å². The zero-order valence-electron chi connectivity index (χ0n) is 12.3. The van der Waals surface area contributed by atoms with Crippen LogP contribution in [0.25, 0.3) is 0 Å². The van der Waals surface area contributed by atoms with Gasteiger partial charge in [-0.1, -0.05) is 36.3 Å². The number of hydrogen-bond donors (Lipinski definition) is 0. The summed E-state index contributed by atoms with van der Waals surface area (Å²) < 4.78 is 0. The van der Waals surface area contributed by atoms with Crippen molar-refractivity contribution in [3.05, 3.63) is 65.5 Å². The molecule has 21 heavy (non-hydrogen) atoms.